The summed E-state index contributed by atoms with van der Waals surface area (Å²) in [5.74, 6) is 0. The Bertz CT molecular complexity index is 375. The van der Waals surface area contributed by atoms with E-state index in [0.717, 1.165) is 25.7 Å². The number of hydrogen-bond donors (Lipinski definition) is 1. The van der Waals surface area contributed by atoms with Crippen LogP contribution in [0, 0.1) is 0 Å². The average molecular weight is 246 g/mol. The fourth-order valence-corrected chi connectivity index (χ4v) is 3.00. The van der Waals surface area contributed by atoms with Gasteiger partial charge in [-0.25, -0.2) is 0 Å². The van der Waals surface area contributed by atoms with Gasteiger partial charge in [0, 0.05) is 19.1 Å². The number of nitrogens with one attached hydrogen (secondary N) is 1. The molecular formula is C15H22N2O. The van der Waals surface area contributed by atoms with Gasteiger partial charge in [-0.3, -0.25) is 4.90 Å². The first-order chi connectivity index (χ1) is 8.90. The summed E-state index contributed by atoms with van der Waals surface area (Å²) in [7, 11) is 2.00. The van der Waals surface area contributed by atoms with Gasteiger partial charge in [-0.15, -0.1) is 0 Å². The van der Waals surface area contributed by atoms with Crippen LogP contribution in [0.25, 0.3) is 0 Å². The van der Waals surface area contributed by atoms with Crippen molar-refractivity contribution in [3.05, 3.63) is 35.9 Å². The maximum absolute atomic E-state index is 5.99. The predicted molar refractivity (Wildman–Crippen MR) is 72.6 cm³/mol. The van der Waals surface area contributed by atoms with Gasteiger partial charge in [-0.1, -0.05) is 30.3 Å². The number of ether oxygens (including phenoxy) is 1. The van der Waals surface area contributed by atoms with Crippen molar-refractivity contribution in [2.24, 2.45) is 0 Å². The second kappa shape index (κ2) is 5.39. The average Bonchev–Trinajstić information content (AvgIpc) is 3.24. The van der Waals surface area contributed by atoms with Crippen LogP contribution in [0.15, 0.2) is 30.3 Å². The molecule has 1 aliphatic heterocycles. The second-order valence-corrected chi connectivity index (χ2v) is 5.29. The van der Waals surface area contributed by atoms with Crippen LogP contribution < -0.4 is 5.32 Å². The maximum Gasteiger partial charge on any atom is 0.0896 e. The Morgan fingerprint density at radius 3 is 2.72 bits per heavy atom. The van der Waals surface area contributed by atoms with Crippen molar-refractivity contribution in [3.63, 3.8) is 0 Å². The topological polar surface area (TPSA) is 24.5 Å². The first-order valence-corrected chi connectivity index (χ1v) is 6.97. The third-order valence-corrected chi connectivity index (χ3v) is 3.95. The van der Waals surface area contributed by atoms with Crippen molar-refractivity contribution >= 4 is 0 Å². The van der Waals surface area contributed by atoms with Crippen LogP contribution in [0.3, 0.4) is 0 Å². The monoisotopic (exact) mass is 246 g/mol. The lowest BCUT2D eigenvalue weighted by molar-refractivity contribution is -0.0739. The minimum atomic E-state index is 0.270. The van der Waals surface area contributed by atoms with E-state index >= 15 is 0 Å². The van der Waals surface area contributed by atoms with Gasteiger partial charge in [0.25, 0.3) is 0 Å². The molecule has 1 N–H and O–H groups in total. The van der Waals surface area contributed by atoms with Gasteiger partial charge < -0.3 is 10.1 Å². The molecule has 0 aromatic heterocycles. The van der Waals surface area contributed by atoms with Gasteiger partial charge in [-0.2, -0.15) is 0 Å². The zero-order valence-electron chi connectivity index (χ0n) is 11.0. The van der Waals surface area contributed by atoms with E-state index in [4.69, 9.17) is 4.74 Å². The molecule has 1 aromatic rings. The molecule has 1 saturated carbocycles. The van der Waals surface area contributed by atoms with Crippen LogP contribution in [0.2, 0.25) is 0 Å². The van der Waals surface area contributed by atoms with Crippen LogP contribution >= 0.6 is 0 Å². The molecule has 2 atom stereocenters. The molecule has 0 spiro atoms. The summed E-state index contributed by atoms with van der Waals surface area (Å²) in [4.78, 5) is 2.65. The third kappa shape index (κ3) is 2.44. The third-order valence-electron chi connectivity index (χ3n) is 3.95. The number of benzene rings is 1. The van der Waals surface area contributed by atoms with E-state index in [1.165, 1.54) is 18.4 Å². The summed E-state index contributed by atoms with van der Waals surface area (Å²) >= 11 is 0. The molecule has 1 saturated heterocycles. The van der Waals surface area contributed by atoms with Gasteiger partial charge >= 0.3 is 0 Å². The Morgan fingerprint density at radius 2 is 2.06 bits per heavy atom. The Hall–Kier alpha value is -0.900. The molecule has 0 amide bonds. The Kier molecular flexibility index (Phi) is 3.64. The van der Waals surface area contributed by atoms with Crippen LogP contribution in [0.5, 0.6) is 0 Å². The number of nitrogens with zero attached hydrogens (tertiary/aromatic N) is 1. The highest BCUT2D eigenvalue weighted by Crippen LogP contribution is 2.38. The van der Waals surface area contributed by atoms with E-state index in [2.05, 4.69) is 40.5 Å². The molecule has 3 nitrogen and oxygen atoms in total. The Morgan fingerprint density at radius 1 is 1.28 bits per heavy atom. The highest BCUT2D eigenvalue weighted by Gasteiger charge is 2.40. The van der Waals surface area contributed by atoms with Gasteiger partial charge in [0.1, 0.15) is 0 Å². The lowest BCUT2D eigenvalue weighted by Crippen LogP contribution is -2.49. The Balaban J connectivity index is 1.86. The fraction of sp³-hybridized carbons (Fsp3) is 0.600. The molecule has 98 valence electrons. The first-order valence-electron chi connectivity index (χ1n) is 6.97. The van der Waals surface area contributed by atoms with Crippen molar-refractivity contribution in [2.45, 2.75) is 31.0 Å². The van der Waals surface area contributed by atoms with E-state index < -0.39 is 0 Å². The zero-order chi connectivity index (χ0) is 12.4. The van der Waals surface area contributed by atoms with E-state index in [9.17, 15) is 0 Å². The highest BCUT2D eigenvalue weighted by molar-refractivity contribution is 5.22. The van der Waals surface area contributed by atoms with Crippen molar-refractivity contribution in [1.29, 1.82) is 0 Å². The van der Waals surface area contributed by atoms with Crippen molar-refractivity contribution in [3.8, 4) is 0 Å². The van der Waals surface area contributed by atoms with Crippen LogP contribution in [0.4, 0.5) is 0 Å². The maximum atomic E-state index is 5.99. The minimum Gasteiger partial charge on any atom is -0.374 e. The number of rotatable bonds is 4. The largest absolute Gasteiger partial charge is 0.374 e. The summed E-state index contributed by atoms with van der Waals surface area (Å²) in [6, 6.07) is 12.0. The summed E-state index contributed by atoms with van der Waals surface area (Å²) in [5.41, 5.74) is 1.39. The second-order valence-electron chi connectivity index (χ2n) is 5.29. The standard InChI is InChI=1S/C15H22N2O/c1-16-11-14-15(12-5-3-2-4-6-12)17(9-10-18-14)13-7-8-13/h2-6,13-16H,7-11H2,1H3. The van der Waals surface area contributed by atoms with E-state index in [0.29, 0.717) is 6.04 Å². The number of hydrogen-bond acceptors (Lipinski definition) is 3. The van der Waals surface area contributed by atoms with Gasteiger partial charge in [0.15, 0.2) is 0 Å². The van der Waals surface area contributed by atoms with Crippen LogP contribution in [-0.4, -0.2) is 43.8 Å². The van der Waals surface area contributed by atoms with Crippen molar-refractivity contribution < 1.29 is 4.74 Å². The molecule has 18 heavy (non-hydrogen) atoms. The number of morpholine rings is 1. The van der Waals surface area contributed by atoms with Gasteiger partial charge in [0.2, 0.25) is 0 Å². The normalized spacial score (nSPS) is 29.4. The lowest BCUT2D eigenvalue weighted by Gasteiger charge is -2.41. The molecule has 0 radical (unpaired) electrons. The summed E-state index contributed by atoms with van der Waals surface area (Å²) in [6.07, 6.45) is 2.98. The van der Waals surface area contributed by atoms with E-state index in [1.54, 1.807) is 0 Å². The molecule has 1 aliphatic carbocycles. The van der Waals surface area contributed by atoms with Gasteiger partial charge in [-0.05, 0) is 25.5 Å². The number of likely N-dealkylation sites (N-methyl/N-ethyl adjacent to an activating group) is 1. The minimum absolute atomic E-state index is 0.270. The predicted octanol–water partition coefficient (Wildman–Crippen LogP) is 1.81. The van der Waals surface area contributed by atoms with Crippen LogP contribution in [0.1, 0.15) is 24.4 Å². The summed E-state index contributed by atoms with van der Waals surface area (Å²) in [6.45, 7) is 2.86. The van der Waals surface area contributed by atoms with Gasteiger partial charge in [0.05, 0.1) is 18.8 Å². The summed E-state index contributed by atoms with van der Waals surface area (Å²) < 4.78 is 5.99. The quantitative estimate of drug-likeness (QED) is 0.877. The van der Waals surface area contributed by atoms with E-state index in [-0.39, 0.29) is 6.10 Å². The molecule has 2 aliphatic rings. The molecular weight excluding hydrogens is 224 g/mol. The Labute approximate surface area is 109 Å². The SMILES string of the molecule is CNCC1OCCN(C2CC2)C1c1ccccc1. The van der Waals surface area contributed by atoms with E-state index in [1.807, 2.05) is 7.05 Å². The zero-order valence-corrected chi connectivity index (χ0v) is 11.0. The molecule has 3 heteroatoms. The first kappa shape index (κ1) is 12.2. The lowest BCUT2D eigenvalue weighted by atomic mass is 9.97. The molecule has 1 aromatic carbocycles. The molecule has 0 bridgehead atoms. The molecule has 2 unspecified atom stereocenters. The molecule has 2 fully saturated rings. The van der Waals surface area contributed by atoms with Crippen molar-refractivity contribution in [1.82, 2.24) is 10.2 Å². The smallest absolute Gasteiger partial charge is 0.0896 e. The summed E-state index contributed by atoms with van der Waals surface area (Å²) in [5, 5.41) is 3.27. The van der Waals surface area contributed by atoms with Crippen LogP contribution in [-0.2, 0) is 4.74 Å². The molecule has 3 rings (SSSR count). The van der Waals surface area contributed by atoms with Crippen molar-refractivity contribution in [2.75, 3.05) is 26.7 Å². The fourth-order valence-electron chi connectivity index (χ4n) is 3.00. The molecule has 1 heterocycles. The highest BCUT2D eigenvalue weighted by atomic mass is 16.5.